The van der Waals surface area contributed by atoms with Crippen LogP contribution in [0.15, 0.2) is 59.5 Å². The van der Waals surface area contributed by atoms with E-state index in [4.69, 9.17) is 16.3 Å². The Morgan fingerprint density at radius 1 is 1.09 bits per heavy atom. The van der Waals surface area contributed by atoms with Gasteiger partial charge < -0.3 is 15.0 Å². The van der Waals surface area contributed by atoms with E-state index in [-0.39, 0.29) is 18.1 Å². The number of carbonyl (C=O) groups excluding carboxylic acids is 1. The first-order valence-corrected chi connectivity index (χ1v) is 7.29. The third-order valence-corrected chi connectivity index (χ3v) is 3.46. The lowest BCUT2D eigenvalue weighted by molar-refractivity contribution is -0.118. The van der Waals surface area contributed by atoms with E-state index in [9.17, 15) is 9.59 Å². The number of amides is 1. The molecule has 0 aliphatic rings. The summed E-state index contributed by atoms with van der Waals surface area (Å²) in [5.41, 5.74) is 0.417. The molecule has 0 spiro atoms. The van der Waals surface area contributed by atoms with Gasteiger partial charge in [-0.25, -0.2) is 0 Å². The van der Waals surface area contributed by atoms with Crippen LogP contribution in [0.4, 0.5) is 5.69 Å². The van der Waals surface area contributed by atoms with Gasteiger partial charge in [0.1, 0.15) is 5.75 Å². The first-order chi connectivity index (χ1) is 11.1. The minimum absolute atomic E-state index is 0.116. The van der Waals surface area contributed by atoms with Gasteiger partial charge in [-0.3, -0.25) is 9.59 Å². The maximum Gasteiger partial charge on any atom is 0.262 e. The van der Waals surface area contributed by atoms with E-state index in [1.165, 1.54) is 6.07 Å². The largest absolute Gasteiger partial charge is 0.484 e. The molecule has 3 rings (SSSR count). The Morgan fingerprint density at radius 3 is 2.65 bits per heavy atom. The molecule has 0 unspecified atom stereocenters. The van der Waals surface area contributed by atoms with E-state index in [1.807, 2.05) is 6.07 Å². The number of ether oxygens (including phenoxy) is 1. The molecule has 5 nitrogen and oxygen atoms in total. The summed E-state index contributed by atoms with van der Waals surface area (Å²) in [6.07, 6.45) is 1.63. The molecule has 1 heterocycles. The zero-order chi connectivity index (χ0) is 16.2. The second-order valence-corrected chi connectivity index (χ2v) is 5.37. The maximum absolute atomic E-state index is 11.9. The lowest BCUT2D eigenvalue weighted by atomic mass is 10.1. The van der Waals surface area contributed by atoms with Gasteiger partial charge >= 0.3 is 0 Å². The Morgan fingerprint density at radius 2 is 1.87 bits per heavy atom. The van der Waals surface area contributed by atoms with Gasteiger partial charge in [-0.1, -0.05) is 17.7 Å². The topological polar surface area (TPSA) is 71.2 Å². The number of hydrogen-bond donors (Lipinski definition) is 2. The molecule has 2 N–H and O–H groups in total. The van der Waals surface area contributed by atoms with Crippen molar-refractivity contribution < 1.29 is 9.53 Å². The summed E-state index contributed by atoms with van der Waals surface area (Å²) in [4.78, 5) is 25.9. The number of nitrogens with one attached hydrogen (secondary N) is 2. The van der Waals surface area contributed by atoms with Crippen LogP contribution in [0.25, 0.3) is 10.8 Å². The van der Waals surface area contributed by atoms with Crippen molar-refractivity contribution in [1.29, 1.82) is 0 Å². The standard InChI is InChI=1S/C17H13ClN2O3/c18-13-2-5-15(6-3-13)23-10-17(22)20-14-4-1-11-9-19-16(21)8-12(11)7-14/h1-9H,10H2,(H,19,21)(H,20,22). The average Bonchev–Trinajstić information content (AvgIpc) is 2.54. The number of carbonyl (C=O) groups is 1. The van der Waals surface area contributed by atoms with Gasteiger partial charge in [-0.15, -0.1) is 0 Å². The second-order valence-electron chi connectivity index (χ2n) is 4.93. The summed E-state index contributed by atoms with van der Waals surface area (Å²) in [6.45, 7) is -0.116. The van der Waals surface area contributed by atoms with E-state index >= 15 is 0 Å². The van der Waals surface area contributed by atoms with Crippen molar-refractivity contribution in [2.24, 2.45) is 0 Å². The lowest BCUT2D eigenvalue weighted by Crippen LogP contribution is -2.20. The smallest absolute Gasteiger partial charge is 0.262 e. The summed E-state index contributed by atoms with van der Waals surface area (Å²) in [5.74, 6) is 0.277. The van der Waals surface area contributed by atoms with E-state index in [0.29, 0.717) is 16.5 Å². The van der Waals surface area contributed by atoms with Crippen molar-refractivity contribution in [1.82, 2.24) is 4.98 Å². The molecule has 0 saturated heterocycles. The van der Waals surface area contributed by atoms with E-state index < -0.39 is 0 Å². The summed E-state index contributed by atoms with van der Waals surface area (Å²) in [7, 11) is 0. The van der Waals surface area contributed by atoms with Crippen LogP contribution in [0.3, 0.4) is 0 Å². The molecule has 0 aliphatic heterocycles. The van der Waals surface area contributed by atoms with Gasteiger partial charge in [-0.05, 0) is 47.2 Å². The lowest BCUT2D eigenvalue weighted by Gasteiger charge is -2.08. The minimum Gasteiger partial charge on any atom is -0.484 e. The Labute approximate surface area is 136 Å². The molecule has 0 bridgehead atoms. The number of rotatable bonds is 4. The molecule has 23 heavy (non-hydrogen) atoms. The Balaban J connectivity index is 1.65. The SMILES string of the molecule is O=C(COc1ccc(Cl)cc1)Nc1ccc2c[nH]c(=O)cc2c1. The monoisotopic (exact) mass is 328 g/mol. The van der Waals surface area contributed by atoms with Crippen LogP contribution in [0.5, 0.6) is 5.75 Å². The van der Waals surface area contributed by atoms with Crippen molar-refractivity contribution in [2.75, 3.05) is 11.9 Å². The molecule has 6 heteroatoms. The fraction of sp³-hybridized carbons (Fsp3) is 0.0588. The molecule has 1 amide bonds. The Hall–Kier alpha value is -2.79. The molecule has 1 aromatic heterocycles. The van der Waals surface area contributed by atoms with Crippen molar-refractivity contribution in [3.05, 3.63) is 70.1 Å². The minimum atomic E-state index is -0.288. The third kappa shape index (κ3) is 3.90. The van der Waals surface area contributed by atoms with Gasteiger partial charge in [-0.2, -0.15) is 0 Å². The van der Waals surface area contributed by atoms with Gasteiger partial charge in [0, 0.05) is 23.0 Å². The van der Waals surface area contributed by atoms with Crippen LogP contribution >= 0.6 is 11.6 Å². The number of pyridine rings is 1. The first kappa shape index (κ1) is 15.1. The molecule has 0 saturated carbocycles. The highest BCUT2D eigenvalue weighted by molar-refractivity contribution is 6.30. The van der Waals surface area contributed by atoms with Crippen LogP contribution in [-0.2, 0) is 4.79 Å². The first-order valence-electron chi connectivity index (χ1n) is 6.91. The van der Waals surface area contributed by atoms with Crippen molar-refractivity contribution >= 4 is 34.0 Å². The Bertz CT molecular complexity index is 904. The van der Waals surface area contributed by atoms with Crippen molar-refractivity contribution in [3.8, 4) is 5.75 Å². The van der Waals surface area contributed by atoms with Crippen molar-refractivity contribution in [3.63, 3.8) is 0 Å². The van der Waals surface area contributed by atoms with Gasteiger partial charge in [0.25, 0.3) is 5.91 Å². The number of benzene rings is 2. The number of aromatic nitrogens is 1. The van der Waals surface area contributed by atoms with E-state index in [2.05, 4.69) is 10.3 Å². The van der Waals surface area contributed by atoms with Gasteiger partial charge in [0.15, 0.2) is 6.61 Å². The number of hydrogen-bond acceptors (Lipinski definition) is 3. The maximum atomic E-state index is 11.9. The van der Waals surface area contributed by atoms with Crippen LogP contribution in [-0.4, -0.2) is 17.5 Å². The summed E-state index contributed by atoms with van der Waals surface area (Å²) >= 11 is 5.78. The molecule has 2 aromatic carbocycles. The number of aromatic amines is 1. The highest BCUT2D eigenvalue weighted by Gasteiger charge is 2.05. The number of anilines is 1. The molecule has 0 aliphatic carbocycles. The number of halogens is 1. The predicted molar refractivity (Wildman–Crippen MR) is 90.1 cm³/mol. The highest BCUT2D eigenvalue weighted by atomic mass is 35.5. The van der Waals surface area contributed by atoms with Crippen molar-refractivity contribution in [2.45, 2.75) is 0 Å². The molecule has 3 aromatic rings. The Kier molecular flexibility index (Phi) is 4.30. The molecule has 0 atom stereocenters. The van der Waals surface area contributed by atoms with Gasteiger partial charge in [0.2, 0.25) is 5.56 Å². The van der Waals surface area contributed by atoms with Gasteiger partial charge in [0.05, 0.1) is 0 Å². The third-order valence-electron chi connectivity index (χ3n) is 3.21. The summed E-state index contributed by atoms with van der Waals surface area (Å²) in [6, 6.07) is 13.6. The van der Waals surface area contributed by atoms with Crippen LogP contribution in [0, 0.1) is 0 Å². The highest BCUT2D eigenvalue weighted by Crippen LogP contribution is 2.18. The molecule has 116 valence electrons. The molecular weight excluding hydrogens is 316 g/mol. The predicted octanol–water partition coefficient (Wildman–Crippen LogP) is 3.20. The van der Waals surface area contributed by atoms with E-state index in [0.717, 1.165) is 10.8 Å². The van der Waals surface area contributed by atoms with Crippen LogP contribution in [0.1, 0.15) is 0 Å². The zero-order valence-electron chi connectivity index (χ0n) is 12.0. The molecule has 0 radical (unpaired) electrons. The van der Waals surface area contributed by atoms with Crippen LogP contribution in [0.2, 0.25) is 5.02 Å². The summed E-state index contributed by atoms with van der Waals surface area (Å²) in [5, 5.41) is 4.98. The second kappa shape index (κ2) is 6.54. The normalized spacial score (nSPS) is 10.5. The fourth-order valence-electron chi connectivity index (χ4n) is 2.12. The zero-order valence-corrected chi connectivity index (χ0v) is 12.8. The molecular formula is C17H13ClN2O3. The number of H-pyrrole nitrogens is 1. The summed E-state index contributed by atoms with van der Waals surface area (Å²) < 4.78 is 5.38. The van der Waals surface area contributed by atoms with E-state index in [1.54, 1.807) is 42.6 Å². The number of fused-ring (bicyclic) bond motifs is 1. The molecule has 0 fully saturated rings. The average molecular weight is 329 g/mol. The fourth-order valence-corrected chi connectivity index (χ4v) is 2.24. The quantitative estimate of drug-likeness (QED) is 0.772. The van der Waals surface area contributed by atoms with Crippen LogP contribution < -0.4 is 15.6 Å².